The highest BCUT2D eigenvalue weighted by molar-refractivity contribution is 5.90. The van der Waals surface area contributed by atoms with Crippen molar-refractivity contribution < 1.29 is 9.90 Å². The summed E-state index contributed by atoms with van der Waals surface area (Å²) in [6, 6.07) is 1.89. The predicted molar refractivity (Wildman–Crippen MR) is 71.3 cm³/mol. The van der Waals surface area contributed by atoms with E-state index < -0.39 is 5.97 Å². The van der Waals surface area contributed by atoms with E-state index in [9.17, 15) is 9.90 Å². The van der Waals surface area contributed by atoms with Crippen LogP contribution >= 0.6 is 0 Å². The number of carboxylic acid groups (broad SMARTS) is 1. The van der Waals surface area contributed by atoms with Crippen LogP contribution in [0.2, 0.25) is 0 Å². The van der Waals surface area contributed by atoms with E-state index in [1.807, 2.05) is 13.0 Å². The molecule has 3 aromatic rings. The van der Waals surface area contributed by atoms with Gasteiger partial charge in [0.05, 0.1) is 17.1 Å². The van der Waals surface area contributed by atoms with E-state index in [-0.39, 0.29) is 5.56 Å². The third-order valence-corrected chi connectivity index (χ3v) is 3.20. The molecule has 0 atom stereocenters. The number of carbonyl (C=O) groups is 1. The Kier molecular flexibility index (Phi) is 2.56. The summed E-state index contributed by atoms with van der Waals surface area (Å²) in [5.74, 6) is -0.413. The van der Waals surface area contributed by atoms with Crippen LogP contribution in [0.1, 0.15) is 27.4 Å². The summed E-state index contributed by atoms with van der Waals surface area (Å²) in [4.78, 5) is 15.6. The quantitative estimate of drug-likeness (QED) is 0.764. The first-order chi connectivity index (χ1) is 9.49. The van der Waals surface area contributed by atoms with Gasteiger partial charge in [0.15, 0.2) is 5.82 Å². The number of fused-ring (bicyclic) bond motifs is 1. The smallest absolute Gasteiger partial charge is 0.339 e. The van der Waals surface area contributed by atoms with Gasteiger partial charge in [0.25, 0.3) is 0 Å². The fraction of sp³-hybridized carbons (Fsp3) is 0.231. The summed E-state index contributed by atoms with van der Waals surface area (Å²) in [6.45, 7) is 5.28. The topological polar surface area (TPSA) is 85.3 Å². The minimum absolute atomic E-state index is 0.213. The van der Waals surface area contributed by atoms with Crippen molar-refractivity contribution in [1.29, 1.82) is 0 Å². The number of nitrogens with zero attached hydrogens (tertiary/aromatic N) is 5. The molecular formula is C13H13N5O2. The molecule has 0 aliphatic rings. The number of aryl methyl sites for hydroxylation is 2. The molecule has 102 valence electrons. The summed E-state index contributed by atoms with van der Waals surface area (Å²) >= 11 is 0. The van der Waals surface area contributed by atoms with E-state index >= 15 is 0 Å². The summed E-state index contributed by atoms with van der Waals surface area (Å²) in [5, 5.41) is 17.8. The molecule has 0 aromatic carbocycles. The Morgan fingerprint density at radius 2 is 2.00 bits per heavy atom. The molecule has 0 spiro atoms. The number of hydrogen-bond donors (Lipinski definition) is 1. The first kappa shape index (κ1) is 12.3. The van der Waals surface area contributed by atoms with Gasteiger partial charge in [-0.05, 0) is 26.8 Å². The van der Waals surface area contributed by atoms with Gasteiger partial charge < -0.3 is 5.11 Å². The molecule has 0 aliphatic heterocycles. The molecule has 7 heteroatoms. The summed E-state index contributed by atoms with van der Waals surface area (Å²) in [5.41, 5.74) is 2.88. The maximum Gasteiger partial charge on any atom is 0.339 e. The number of hydrogen-bond acceptors (Lipinski definition) is 4. The lowest BCUT2D eigenvalue weighted by atomic mass is 10.2. The Hall–Kier alpha value is -2.70. The van der Waals surface area contributed by atoms with Crippen LogP contribution in [0.3, 0.4) is 0 Å². The fourth-order valence-corrected chi connectivity index (χ4v) is 2.35. The van der Waals surface area contributed by atoms with Gasteiger partial charge in [-0.25, -0.2) is 19.0 Å². The average Bonchev–Trinajstić information content (AvgIpc) is 2.88. The monoisotopic (exact) mass is 271 g/mol. The average molecular weight is 271 g/mol. The van der Waals surface area contributed by atoms with Crippen molar-refractivity contribution in [2.45, 2.75) is 20.8 Å². The van der Waals surface area contributed by atoms with Crippen LogP contribution in [0.25, 0.3) is 11.3 Å². The lowest BCUT2D eigenvalue weighted by molar-refractivity contribution is 0.0695. The minimum atomic E-state index is -0.983. The van der Waals surface area contributed by atoms with E-state index in [0.717, 1.165) is 11.2 Å². The zero-order chi connectivity index (χ0) is 14.4. The Balaban J connectivity index is 2.31. The van der Waals surface area contributed by atoms with Crippen molar-refractivity contribution in [3.05, 3.63) is 41.1 Å². The third kappa shape index (κ3) is 1.67. The molecule has 0 amide bonds. The van der Waals surface area contributed by atoms with Crippen molar-refractivity contribution in [3.63, 3.8) is 0 Å². The first-order valence-corrected chi connectivity index (χ1v) is 6.10. The van der Waals surface area contributed by atoms with Crippen LogP contribution in [0, 0.1) is 20.8 Å². The zero-order valence-corrected chi connectivity index (χ0v) is 11.3. The molecule has 3 rings (SSSR count). The highest BCUT2D eigenvalue weighted by Crippen LogP contribution is 2.20. The van der Waals surface area contributed by atoms with Crippen LogP contribution in [0.15, 0.2) is 18.5 Å². The lowest BCUT2D eigenvalue weighted by Gasteiger charge is -2.05. The number of aromatic nitrogens is 5. The Bertz CT molecular complexity index is 831. The van der Waals surface area contributed by atoms with Crippen molar-refractivity contribution >= 4 is 11.5 Å². The van der Waals surface area contributed by atoms with Gasteiger partial charge in [-0.3, -0.25) is 0 Å². The first-order valence-electron chi connectivity index (χ1n) is 6.10. The second-order valence-corrected chi connectivity index (χ2v) is 4.63. The van der Waals surface area contributed by atoms with Gasteiger partial charge in [0.2, 0.25) is 0 Å². The summed E-state index contributed by atoms with van der Waals surface area (Å²) < 4.78 is 3.25. The molecular weight excluding hydrogens is 258 g/mol. The van der Waals surface area contributed by atoms with Crippen molar-refractivity contribution in [2.24, 2.45) is 0 Å². The molecule has 0 saturated heterocycles. The maximum absolute atomic E-state index is 11.3. The van der Waals surface area contributed by atoms with Crippen molar-refractivity contribution in [3.8, 4) is 5.82 Å². The Morgan fingerprint density at radius 1 is 1.25 bits per heavy atom. The molecule has 3 aromatic heterocycles. The van der Waals surface area contributed by atoms with Crippen LogP contribution in [0.5, 0.6) is 0 Å². The predicted octanol–water partition coefficient (Wildman–Crippen LogP) is 1.54. The van der Waals surface area contributed by atoms with Gasteiger partial charge in [-0.2, -0.15) is 10.2 Å². The highest BCUT2D eigenvalue weighted by Gasteiger charge is 2.20. The summed E-state index contributed by atoms with van der Waals surface area (Å²) in [7, 11) is 0. The Morgan fingerprint density at radius 3 is 2.65 bits per heavy atom. The normalized spacial score (nSPS) is 11.2. The van der Waals surface area contributed by atoms with Crippen molar-refractivity contribution in [1.82, 2.24) is 24.4 Å². The van der Waals surface area contributed by atoms with Crippen LogP contribution in [0.4, 0.5) is 0 Å². The van der Waals surface area contributed by atoms with Crippen LogP contribution in [-0.4, -0.2) is 35.5 Å². The minimum Gasteiger partial charge on any atom is -0.478 e. The molecule has 0 fully saturated rings. The molecule has 0 aliphatic carbocycles. The van der Waals surface area contributed by atoms with E-state index in [0.29, 0.717) is 17.2 Å². The molecule has 0 bridgehead atoms. The second kappa shape index (κ2) is 4.16. The van der Waals surface area contributed by atoms with Gasteiger partial charge in [-0.15, -0.1) is 0 Å². The molecule has 0 saturated carbocycles. The third-order valence-electron chi connectivity index (χ3n) is 3.20. The molecule has 0 unspecified atom stereocenters. The highest BCUT2D eigenvalue weighted by atomic mass is 16.4. The van der Waals surface area contributed by atoms with Gasteiger partial charge in [0.1, 0.15) is 11.1 Å². The van der Waals surface area contributed by atoms with E-state index in [2.05, 4.69) is 15.2 Å². The molecule has 3 heterocycles. The zero-order valence-electron chi connectivity index (χ0n) is 11.3. The molecule has 20 heavy (non-hydrogen) atoms. The van der Waals surface area contributed by atoms with E-state index in [1.54, 1.807) is 35.4 Å². The lowest BCUT2D eigenvalue weighted by Crippen LogP contribution is -2.06. The molecule has 0 radical (unpaired) electrons. The SMILES string of the molecule is Cc1cc2c(-n3nc(C)c(C(=O)O)c3C)nccn2n1. The van der Waals surface area contributed by atoms with E-state index in [1.165, 1.54) is 0 Å². The largest absolute Gasteiger partial charge is 0.478 e. The Labute approximate surface area is 114 Å². The van der Waals surface area contributed by atoms with Crippen LogP contribution in [-0.2, 0) is 0 Å². The van der Waals surface area contributed by atoms with E-state index in [4.69, 9.17) is 0 Å². The fourth-order valence-electron chi connectivity index (χ4n) is 2.35. The molecule has 7 nitrogen and oxygen atoms in total. The molecule has 1 N–H and O–H groups in total. The van der Waals surface area contributed by atoms with Gasteiger partial charge in [-0.1, -0.05) is 0 Å². The number of carboxylic acids is 1. The summed E-state index contributed by atoms with van der Waals surface area (Å²) in [6.07, 6.45) is 3.36. The number of rotatable bonds is 2. The van der Waals surface area contributed by atoms with Gasteiger partial charge >= 0.3 is 5.97 Å². The second-order valence-electron chi connectivity index (χ2n) is 4.63. The van der Waals surface area contributed by atoms with Crippen molar-refractivity contribution in [2.75, 3.05) is 0 Å². The standard InChI is InChI=1S/C13H13N5O2/c1-7-6-10-12(14-4-5-17(10)15-7)18-9(3)11(13(19)20)8(2)16-18/h4-6H,1-3H3,(H,19,20). The van der Waals surface area contributed by atoms with Gasteiger partial charge in [0, 0.05) is 12.4 Å². The number of aromatic carboxylic acids is 1. The van der Waals surface area contributed by atoms with Crippen LogP contribution < -0.4 is 0 Å². The maximum atomic E-state index is 11.3.